The van der Waals surface area contributed by atoms with Gasteiger partial charge in [0.15, 0.2) is 5.16 Å². The van der Waals surface area contributed by atoms with Crippen molar-refractivity contribution in [2.24, 2.45) is 5.92 Å². The fourth-order valence-corrected chi connectivity index (χ4v) is 6.91. The molecular weight excluding hydrogens is 448 g/mol. The fourth-order valence-electron chi connectivity index (χ4n) is 3.89. The van der Waals surface area contributed by atoms with Gasteiger partial charge in [-0.15, -0.1) is 39.4 Å². The highest BCUT2D eigenvalue weighted by Crippen LogP contribution is 2.39. The maximum Gasteiger partial charge on any atom is 0.263 e. The van der Waals surface area contributed by atoms with Crippen molar-refractivity contribution in [3.8, 4) is 10.8 Å². The predicted molar refractivity (Wildman–Crippen MR) is 127 cm³/mol. The van der Waals surface area contributed by atoms with Crippen molar-refractivity contribution in [3.05, 3.63) is 56.9 Å². The summed E-state index contributed by atoms with van der Waals surface area (Å²) >= 11 is 4.70. The van der Waals surface area contributed by atoms with Gasteiger partial charge in [0, 0.05) is 11.4 Å². The van der Waals surface area contributed by atoms with Crippen LogP contribution in [0.25, 0.3) is 21.0 Å². The largest absolute Gasteiger partial charge is 0.419 e. The molecule has 4 aromatic rings. The Kier molecular flexibility index (Phi) is 5.58. The molecule has 1 aliphatic rings. The molecule has 0 aliphatic heterocycles. The van der Waals surface area contributed by atoms with Crippen molar-refractivity contribution in [1.29, 1.82) is 0 Å². The van der Waals surface area contributed by atoms with Gasteiger partial charge in [0.1, 0.15) is 4.83 Å². The van der Waals surface area contributed by atoms with Gasteiger partial charge in [0.05, 0.1) is 15.5 Å². The summed E-state index contributed by atoms with van der Waals surface area (Å²) in [4.78, 5) is 21.5. The topological polar surface area (TPSA) is 73.8 Å². The van der Waals surface area contributed by atoms with Gasteiger partial charge in [-0.1, -0.05) is 30.8 Å². The quantitative estimate of drug-likeness (QED) is 0.203. The van der Waals surface area contributed by atoms with Crippen LogP contribution in [0.3, 0.4) is 0 Å². The number of thiophene rings is 2. The van der Waals surface area contributed by atoms with Gasteiger partial charge in [-0.05, 0) is 49.1 Å². The first kappa shape index (κ1) is 20.7. The molecule has 0 saturated heterocycles. The lowest BCUT2D eigenvalue weighted by atomic mass is 9.89. The summed E-state index contributed by atoms with van der Waals surface area (Å²) in [7, 11) is 0. The molecule has 0 bridgehead atoms. The molecule has 5 rings (SSSR count). The Morgan fingerprint density at radius 2 is 2.32 bits per heavy atom. The average Bonchev–Trinajstić information content (AvgIpc) is 3.49. The molecule has 9 heteroatoms. The second-order valence-corrected chi connectivity index (χ2v) is 11.2. The van der Waals surface area contributed by atoms with E-state index in [1.807, 2.05) is 24.4 Å². The smallest absolute Gasteiger partial charge is 0.263 e. The van der Waals surface area contributed by atoms with Crippen molar-refractivity contribution in [2.45, 2.75) is 50.1 Å². The number of aryl methyl sites for hydroxylation is 1. The van der Waals surface area contributed by atoms with E-state index in [-0.39, 0.29) is 10.8 Å². The molecule has 4 heterocycles. The van der Waals surface area contributed by atoms with E-state index in [1.54, 1.807) is 33.3 Å². The second kappa shape index (κ2) is 8.37. The van der Waals surface area contributed by atoms with Crippen LogP contribution in [-0.2, 0) is 19.4 Å². The molecule has 0 amide bonds. The lowest BCUT2D eigenvalue weighted by Gasteiger charge is -2.17. The standard InChI is InChI=1S/C22H22N4O2S3/c1-4-9-26-21(27)17-14-8-7-12(2)11-16(14)31-20(17)23-22(26)30-13(3)18-24-25-19(28-18)15-6-5-10-29-15/h4-6,10,12-13H,1,7-9,11H2,2-3H3. The van der Waals surface area contributed by atoms with Gasteiger partial charge in [-0.3, -0.25) is 9.36 Å². The third kappa shape index (κ3) is 3.79. The first-order valence-corrected chi connectivity index (χ1v) is 12.8. The summed E-state index contributed by atoms with van der Waals surface area (Å²) in [6.07, 6.45) is 4.85. The molecule has 0 radical (unpaired) electrons. The van der Waals surface area contributed by atoms with Crippen molar-refractivity contribution >= 4 is 44.7 Å². The normalized spacial score (nSPS) is 17.0. The fraction of sp³-hybridized carbons (Fsp3) is 0.364. The molecule has 0 fully saturated rings. The maximum absolute atomic E-state index is 13.4. The Hall–Kier alpha value is -2.23. The van der Waals surface area contributed by atoms with E-state index in [0.717, 1.165) is 34.4 Å². The van der Waals surface area contributed by atoms with E-state index in [1.165, 1.54) is 22.2 Å². The van der Waals surface area contributed by atoms with E-state index in [9.17, 15) is 4.79 Å². The molecule has 0 aromatic carbocycles. The van der Waals surface area contributed by atoms with Crippen LogP contribution >= 0.6 is 34.4 Å². The van der Waals surface area contributed by atoms with Crippen LogP contribution in [0, 0.1) is 5.92 Å². The summed E-state index contributed by atoms with van der Waals surface area (Å²) in [6, 6.07) is 3.91. The van der Waals surface area contributed by atoms with Crippen molar-refractivity contribution in [2.75, 3.05) is 0 Å². The Labute approximate surface area is 192 Å². The molecule has 160 valence electrons. The van der Waals surface area contributed by atoms with Gasteiger partial charge < -0.3 is 4.42 Å². The van der Waals surface area contributed by atoms with E-state index >= 15 is 0 Å². The number of thioether (sulfide) groups is 1. The number of aromatic nitrogens is 4. The van der Waals surface area contributed by atoms with Crippen LogP contribution in [0.2, 0.25) is 0 Å². The summed E-state index contributed by atoms with van der Waals surface area (Å²) in [5.74, 6) is 1.69. The van der Waals surface area contributed by atoms with Crippen LogP contribution < -0.4 is 5.56 Å². The Bertz CT molecular complexity index is 1300. The van der Waals surface area contributed by atoms with Crippen LogP contribution in [0.4, 0.5) is 0 Å². The number of nitrogens with zero attached hydrogens (tertiary/aromatic N) is 4. The highest BCUT2D eigenvalue weighted by atomic mass is 32.2. The number of fused-ring (bicyclic) bond motifs is 3. The number of rotatable bonds is 6. The molecule has 2 unspecified atom stereocenters. The van der Waals surface area contributed by atoms with Crippen LogP contribution in [0.1, 0.15) is 41.8 Å². The molecule has 6 nitrogen and oxygen atoms in total. The number of hydrogen-bond acceptors (Lipinski definition) is 8. The third-order valence-electron chi connectivity index (χ3n) is 5.49. The van der Waals surface area contributed by atoms with Crippen molar-refractivity contribution in [3.63, 3.8) is 0 Å². The van der Waals surface area contributed by atoms with Gasteiger partial charge in [0.25, 0.3) is 11.4 Å². The molecule has 4 aromatic heterocycles. The average molecular weight is 471 g/mol. The van der Waals surface area contributed by atoms with Crippen LogP contribution in [0.15, 0.2) is 44.5 Å². The molecule has 0 saturated carbocycles. The third-order valence-corrected chi connectivity index (χ3v) is 8.58. The second-order valence-electron chi connectivity index (χ2n) is 7.81. The number of allylic oxidation sites excluding steroid dienone is 1. The zero-order chi connectivity index (χ0) is 21.5. The Morgan fingerprint density at radius 1 is 1.45 bits per heavy atom. The van der Waals surface area contributed by atoms with Gasteiger partial charge >= 0.3 is 0 Å². The summed E-state index contributed by atoms with van der Waals surface area (Å²) < 4.78 is 7.61. The Morgan fingerprint density at radius 3 is 3.10 bits per heavy atom. The molecular formula is C22H22N4O2S3. The van der Waals surface area contributed by atoms with E-state index in [0.29, 0.717) is 29.4 Å². The van der Waals surface area contributed by atoms with E-state index in [2.05, 4.69) is 23.7 Å². The molecule has 1 aliphatic carbocycles. The predicted octanol–water partition coefficient (Wildman–Crippen LogP) is 5.73. The minimum atomic E-state index is -0.142. The maximum atomic E-state index is 13.4. The summed E-state index contributed by atoms with van der Waals surface area (Å²) in [5.41, 5.74) is 1.23. The first-order valence-electron chi connectivity index (χ1n) is 10.2. The minimum absolute atomic E-state index is 0.0245. The van der Waals surface area contributed by atoms with Crippen LogP contribution in [0.5, 0.6) is 0 Å². The van der Waals surface area contributed by atoms with Crippen LogP contribution in [-0.4, -0.2) is 19.7 Å². The SMILES string of the molecule is C=CCn1c(SC(C)c2nnc(-c3cccs3)o2)nc2sc3c(c2c1=O)CCC(C)C3. The van der Waals surface area contributed by atoms with Gasteiger partial charge in [-0.2, -0.15) is 0 Å². The zero-order valence-electron chi connectivity index (χ0n) is 17.3. The van der Waals surface area contributed by atoms with Gasteiger partial charge in [0.2, 0.25) is 5.89 Å². The lowest BCUT2D eigenvalue weighted by Crippen LogP contribution is -2.23. The van der Waals surface area contributed by atoms with E-state index in [4.69, 9.17) is 9.40 Å². The van der Waals surface area contributed by atoms with Crippen molar-refractivity contribution in [1.82, 2.24) is 19.7 Å². The Balaban J connectivity index is 1.52. The molecule has 0 N–H and O–H groups in total. The van der Waals surface area contributed by atoms with Gasteiger partial charge in [-0.25, -0.2) is 4.98 Å². The molecule has 2 atom stereocenters. The lowest BCUT2D eigenvalue weighted by molar-refractivity contribution is 0.508. The summed E-state index contributed by atoms with van der Waals surface area (Å²) in [5, 5.41) is 11.7. The first-order chi connectivity index (χ1) is 15.0. The van der Waals surface area contributed by atoms with E-state index < -0.39 is 0 Å². The summed E-state index contributed by atoms with van der Waals surface area (Å²) in [6.45, 7) is 8.52. The number of hydrogen-bond donors (Lipinski definition) is 0. The highest BCUT2D eigenvalue weighted by Gasteiger charge is 2.26. The molecule has 0 spiro atoms. The van der Waals surface area contributed by atoms with Crippen molar-refractivity contribution < 1.29 is 4.42 Å². The monoisotopic (exact) mass is 470 g/mol. The minimum Gasteiger partial charge on any atom is -0.419 e. The highest BCUT2D eigenvalue weighted by molar-refractivity contribution is 7.99. The molecule has 31 heavy (non-hydrogen) atoms. The zero-order valence-corrected chi connectivity index (χ0v) is 19.8.